The number of aromatic nitrogens is 2. The molecule has 0 spiro atoms. The van der Waals surface area contributed by atoms with Gasteiger partial charge in [-0.1, -0.05) is 85.2 Å². The third-order valence-electron chi connectivity index (χ3n) is 5.89. The molecule has 1 aromatic heterocycles. The monoisotopic (exact) mass is 523 g/mol. The zero-order valence-corrected chi connectivity index (χ0v) is 21.8. The molecule has 7 heteroatoms. The van der Waals surface area contributed by atoms with Crippen molar-refractivity contribution in [3.63, 3.8) is 0 Å². The van der Waals surface area contributed by atoms with Crippen LogP contribution in [-0.2, 0) is 11.2 Å². The van der Waals surface area contributed by atoms with Gasteiger partial charge in [-0.2, -0.15) is 5.10 Å². The Morgan fingerprint density at radius 2 is 1.68 bits per heavy atom. The van der Waals surface area contributed by atoms with Crippen LogP contribution in [0.25, 0.3) is 23.0 Å². The minimum atomic E-state index is -0.0717. The number of benzene rings is 3. The van der Waals surface area contributed by atoms with Gasteiger partial charge >= 0.3 is 0 Å². The Hall–Kier alpha value is -3.94. The molecule has 184 valence electrons. The summed E-state index contributed by atoms with van der Waals surface area (Å²) in [7, 11) is 0. The topological polar surface area (TPSA) is 47.4 Å². The fourth-order valence-electron chi connectivity index (χ4n) is 4.01. The first-order chi connectivity index (χ1) is 18.1. The number of rotatable bonds is 9. The van der Waals surface area contributed by atoms with Crippen molar-refractivity contribution in [1.82, 2.24) is 14.7 Å². The van der Waals surface area contributed by atoms with Gasteiger partial charge in [-0.25, -0.2) is 4.68 Å². The Kier molecular flexibility index (Phi) is 7.63. The first-order valence-electron chi connectivity index (χ1n) is 11.9. The standard InChI is InChI=1S/C30H25N3O2S2/c1-2-19-35-26-15-13-23(14-16-26)28-24(21-33(31-28)25-11-7-4-8-12-25)20-27-29(34)32(30(36)37-27)18-17-22-9-5-3-6-10-22/h2-16,20-21H,1,17-19H2/b27-20+. The average molecular weight is 524 g/mol. The van der Waals surface area contributed by atoms with Crippen molar-refractivity contribution in [1.29, 1.82) is 0 Å². The van der Waals surface area contributed by atoms with Crippen molar-refractivity contribution in [2.75, 3.05) is 13.2 Å². The number of nitrogens with zero attached hydrogens (tertiary/aromatic N) is 3. The van der Waals surface area contributed by atoms with E-state index in [0.29, 0.717) is 22.4 Å². The van der Waals surface area contributed by atoms with E-state index in [0.717, 1.165) is 34.7 Å². The van der Waals surface area contributed by atoms with E-state index in [-0.39, 0.29) is 5.91 Å². The lowest BCUT2D eigenvalue weighted by Crippen LogP contribution is -2.30. The molecule has 0 unspecified atom stereocenters. The van der Waals surface area contributed by atoms with Crippen LogP contribution in [0.5, 0.6) is 5.75 Å². The van der Waals surface area contributed by atoms with Crippen LogP contribution in [0, 0.1) is 0 Å². The minimum absolute atomic E-state index is 0.0717. The van der Waals surface area contributed by atoms with Crippen LogP contribution in [0.1, 0.15) is 11.1 Å². The summed E-state index contributed by atoms with van der Waals surface area (Å²) in [5, 5.41) is 4.87. The van der Waals surface area contributed by atoms with Crippen LogP contribution in [0.2, 0.25) is 0 Å². The molecule has 0 aliphatic carbocycles. The average Bonchev–Trinajstić information content (AvgIpc) is 3.48. The lowest BCUT2D eigenvalue weighted by molar-refractivity contribution is -0.122. The summed E-state index contributed by atoms with van der Waals surface area (Å²) in [5.41, 5.74) is 4.64. The predicted molar refractivity (Wildman–Crippen MR) is 155 cm³/mol. The summed E-state index contributed by atoms with van der Waals surface area (Å²) in [6.45, 7) is 4.68. The summed E-state index contributed by atoms with van der Waals surface area (Å²) in [6, 6.07) is 27.8. The van der Waals surface area contributed by atoms with Crippen LogP contribution >= 0.6 is 24.0 Å². The Balaban J connectivity index is 1.45. The lowest BCUT2D eigenvalue weighted by atomic mass is 10.1. The van der Waals surface area contributed by atoms with Gasteiger partial charge in [0.1, 0.15) is 16.7 Å². The molecule has 0 bridgehead atoms. The number of carbonyl (C=O) groups excluding carboxylic acids is 1. The second kappa shape index (κ2) is 11.4. The maximum Gasteiger partial charge on any atom is 0.266 e. The molecule has 4 aromatic rings. The molecule has 0 atom stereocenters. The molecular formula is C30H25N3O2S2. The lowest BCUT2D eigenvalue weighted by Gasteiger charge is -2.14. The predicted octanol–water partition coefficient (Wildman–Crippen LogP) is 6.55. The van der Waals surface area contributed by atoms with Gasteiger partial charge in [0.15, 0.2) is 0 Å². The van der Waals surface area contributed by atoms with Gasteiger partial charge in [0.05, 0.1) is 16.3 Å². The second-order valence-corrected chi connectivity index (χ2v) is 10.1. The van der Waals surface area contributed by atoms with Gasteiger partial charge in [0.25, 0.3) is 5.91 Å². The van der Waals surface area contributed by atoms with Gasteiger partial charge in [0, 0.05) is 23.9 Å². The number of ether oxygens (including phenoxy) is 1. The van der Waals surface area contributed by atoms with Crippen molar-refractivity contribution in [2.24, 2.45) is 0 Å². The molecule has 2 heterocycles. The van der Waals surface area contributed by atoms with E-state index < -0.39 is 0 Å². The van der Waals surface area contributed by atoms with Gasteiger partial charge in [-0.15, -0.1) is 0 Å². The van der Waals surface area contributed by atoms with E-state index in [2.05, 4.69) is 18.7 Å². The number of hydrogen-bond donors (Lipinski definition) is 0. The third-order valence-corrected chi connectivity index (χ3v) is 7.26. The number of amides is 1. The van der Waals surface area contributed by atoms with Crippen molar-refractivity contribution in [3.8, 4) is 22.7 Å². The summed E-state index contributed by atoms with van der Waals surface area (Å²) in [4.78, 5) is 15.6. The van der Waals surface area contributed by atoms with Gasteiger partial charge in [0.2, 0.25) is 0 Å². The highest BCUT2D eigenvalue weighted by Gasteiger charge is 2.32. The quantitative estimate of drug-likeness (QED) is 0.141. The highest BCUT2D eigenvalue weighted by atomic mass is 32.2. The van der Waals surface area contributed by atoms with Crippen LogP contribution in [0.15, 0.2) is 109 Å². The van der Waals surface area contributed by atoms with Crippen molar-refractivity contribution < 1.29 is 9.53 Å². The fourth-order valence-corrected chi connectivity index (χ4v) is 5.31. The largest absolute Gasteiger partial charge is 0.490 e. The van der Waals surface area contributed by atoms with Gasteiger partial charge in [-0.05, 0) is 54.5 Å². The number of thioether (sulfide) groups is 1. The maximum absolute atomic E-state index is 13.3. The maximum atomic E-state index is 13.3. The molecule has 1 aliphatic heterocycles. The zero-order valence-electron chi connectivity index (χ0n) is 20.1. The molecule has 3 aromatic carbocycles. The number of carbonyl (C=O) groups is 1. The summed E-state index contributed by atoms with van der Waals surface area (Å²) < 4.78 is 8.04. The van der Waals surface area contributed by atoms with Crippen LogP contribution < -0.4 is 4.74 Å². The van der Waals surface area contributed by atoms with Gasteiger partial charge in [-0.3, -0.25) is 9.69 Å². The van der Waals surface area contributed by atoms with Crippen LogP contribution in [0.3, 0.4) is 0 Å². The minimum Gasteiger partial charge on any atom is -0.490 e. The van der Waals surface area contributed by atoms with Crippen molar-refractivity contribution in [2.45, 2.75) is 6.42 Å². The number of para-hydroxylation sites is 1. The molecular weight excluding hydrogens is 498 g/mol. The van der Waals surface area contributed by atoms with E-state index in [9.17, 15) is 4.79 Å². The summed E-state index contributed by atoms with van der Waals surface area (Å²) in [6.07, 6.45) is 6.30. The molecule has 5 rings (SSSR count). The fraction of sp³-hybridized carbons (Fsp3) is 0.100. The molecule has 1 saturated heterocycles. The number of thiocarbonyl (C=S) groups is 1. The van der Waals surface area contributed by atoms with Gasteiger partial charge < -0.3 is 4.74 Å². The van der Waals surface area contributed by atoms with Crippen LogP contribution in [0.4, 0.5) is 0 Å². The summed E-state index contributed by atoms with van der Waals surface area (Å²) in [5.74, 6) is 0.685. The van der Waals surface area contributed by atoms with Crippen LogP contribution in [-0.4, -0.2) is 38.1 Å². The molecule has 0 N–H and O–H groups in total. The second-order valence-electron chi connectivity index (χ2n) is 8.41. The molecule has 1 amide bonds. The Bertz CT molecular complexity index is 1450. The molecule has 0 saturated carbocycles. The first-order valence-corrected chi connectivity index (χ1v) is 13.1. The molecule has 5 nitrogen and oxygen atoms in total. The molecule has 1 fully saturated rings. The highest BCUT2D eigenvalue weighted by Crippen LogP contribution is 2.35. The molecule has 0 radical (unpaired) electrons. The summed E-state index contributed by atoms with van der Waals surface area (Å²) >= 11 is 6.90. The molecule has 37 heavy (non-hydrogen) atoms. The van der Waals surface area contributed by atoms with E-state index in [1.54, 1.807) is 11.0 Å². The van der Waals surface area contributed by atoms with E-state index in [4.69, 9.17) is 22.1 Å². The first kappa shape index (κ1) is 24.7. The van der Waals surface area contributed by atoms with E-state index in [1.165, 1.54) is 17.3 Å². The van der Waals surface area contributed by atoms with Crippen molar-refractivity contribution in [3.05, 3.63) is 120 Å². The van der Waals surface area contributed by atoms with E-state index >= 15 is 0 Å². The molecule has 1 aliphatic rings. The van der Waals surface area contributed by atoms with E-state index in [1.807, 2.05) is 89.8 Å². The Labute approximate surface area is 226 Å². The van der Waals surface area contributed by atoms with Crippen molar-refractivity contribution >= 4 is 40.3 Å². The number of hydrogen-bond acceptors (Lipinski definition) is 5. The Morgan fingerprint density at radius 3 is 2.38 bits per heavy atom. The SMILES string of the molecule is C=CCOc1ccc(-c2nn(-c3ccccc3)cc2/C=C2/SC(=S)N(CCc3ccccc3)C2=O)cc1. The smallest absolute Gasteiger partial charge is 0.266 e. The Morgan fingerprint density at radius 1 is 0.973 bits per heavy atom. The third kappa shape index (κ3) is 5.74. The zero-order chi connectivity index (χ0) is 25.6. The normalized spacial score (nSPS) is 14.4. The highest BCUT2D eigenvalue weighted by molar-refractivity contribution is 8.26.